The Morgan fingerprint density at radius 3 is 2.32 bits per heavy atom. The number of nitrogens with zero attached hydrogens (tertiary/aromatic N) is 3. The number of benzene rings is 2. The molecule has 0 saturated carbocycles. The molecule has 2 atom stereocenters. The van der Waals surface area contributed by atoms with Crippen LogP contribution in [0.3, 0.4) is 0 Å². The van der Waals surface area contributed by atoms with Gasteiger partial charge in [-0.25, -0.2) is 0 Å². The SMILES string of the molecule is C#C.NC(=O)[C@H](Cc1ccccc1)CC(O)CN1CCN(Cc2cncc(-c3cccs3)c2)CC1.O=CNCC(F)(F)F.c1ccc2c(c1)CCCO2. The molecule has 0 radical (unpaired) electrons. The number of piperazine rings is 1. The third-order valence-electron chi connectivity index (χ3n) is 8.43. The van der Waals surface area contributed by atoms with Gasteiger partial charge in [0.25, 0.3) is 0 Å². The molecule has 53 heavy (non-hydrogen) atoms. The van der Waals surface area contributed by atoms with Crippen molar-refractivity contribution in [3.63, 3.8) is 0 Å². The molecule has 2 amide bonds. The second-order valence-electron chi connectivity index (χ2n) is 12.5. The quantitative estimate of drug-likeness (QED) is 0.128. The number of carbonyl (C=O) groups is 2. The molecule has 2 aliphatic heterocycles. The van der Waals surface area contributed by atoms with Crippen molar-refractivity contribution in [3.05, 3.63) is 107 Å². The molecule has 1 fully saturated rings. The lowest BCUT2D eigenvalue weighted by molar-refractivity contribution is -0.132. The molecule has 0 aliphatic carbocycles. The van der Waals surface area contributed by atoms with Crippen molar-refractivity contribution in [3.8, 4) is 29.0 Å². The molecule has 6 rings (SSSR count). The van der Waals surface area contributed by atoms with Crippen LogP contribution in [0, 0.1) is 18.8 Å². The number of nitrogens with one attached hydrogen (secondary N) is 1. The number of terminal acetylenes is 1. The molecule has 284 valence electrons. The zero-order valence-corrected chi connectivity index (χ0v) is 30.5. The minimum absolute atomic E-state index is 0.00743. The first-order valence-electron chi connectivity index (χ1n) is 17.3. The van der Waals surface area contributed by atoms with Crippen molar-refractivity contribution in [1.82, 2.24) is 20.1 Å². The molecular weight excluding hydrogens is 704 g/mol. The number of aromatic nitrogens is 1. The Bertz CT molecular complexity index is 1620. The summed E-state index contributed by atoms with van der Waals surface area (Å²) in [7, 11) is 0. The summed E-state index contributed by atoms with van der Waals surface area (Å²) >= 11 is 1.73. The number of β-amino-alcohol motifs (C(OH)–C–C–N with tert-alkyl or cyclic N) is 1. The van der Waals surface area contributed by atoms with Gasteiger partial charge >= 0.3 is 6.18 Å². The summed E-state index contributed by atoms with van der Waals surface area (Å²) in [5, 5.41) is 14.2. The smallest absolute Gasteiger partial charge is 0.405 e. The number of amides is 2. The Labute approximate surface area is 314 Å². The Morgan fingerprint density at radius 1 is 1.00 bits per heavy atom. The molecule has 4 heterocycles. The third kappa shape index (κ3) is 16.2. The number of para-hydroxylation sites is 1. The molecule has 0 spiro atoms. The van der Waals surface area contributed by atoms with Crippen molar-refractivity contribution in [2.75, 3.05) is 45.9 Å². The first kappa shape index (κ1) is 42.7. The standard InChI is InChI=1S/C26H32N4O2S.C9H10O.C3H4F3NO.C2H2/c27-26(32)22(13-20-5-2-1-3-6-20)15-24(31)19-30-10-8-29(9-11-30)18-21-14-23(17-28-16-21)25-7-4-12-33-25;1-2-6-9-8(4-1)5-3-7-10-9;4-3(5,6)1-7-2-8;1-2/h1-7,12,14,16-17,22,24,31H,8-11,13,15,18-19H2,(H2,27,32);1-2,4,6H,3,5,7H2;2H,1H2,(H,7,8);1-2H/t22-,24?;;;/m1.../s1. The van der Waals surface area contributed by atoms with Crippen LogP contribution in [0.25, 0.3) is 10.4 Å². The fourth-order valence-electron chi connectivity index (χ4n) is 5.89. The molecule has 4 N–H and O–H groups in total. The molecule has 2 aromatic carbocycles. The molecular formula is C40H48F3N5O4S. The van der Waals surface area contributed by atoms with Crippen LogP contribution >= 0.6 is 11.3 Å². The topological polar surface area (TPSA) is 121 Å². The van der Waals surface area contributed by atoms with E-state index < -0.39 is 18.8 Å². The third-order valence-corrected chi connectivity index (χ3v) is 9.35. The number of ether oxygens (including phenoxy) is 1. The average molecular weight is 752 g/mol. The number of pyridine rings is 1. The summed E-state index contributed by atoms with van der Waals surface area (Å²) in [4.78, 5) is 31.6. The van der Waals surface area contributed by atoms with E-state index in [0.717, 1.165) is 57.1 Å². The highest BCUT2D eigenvalue weighted by molar-refractivity contribution is 7.13. The number of aliphatic hydroxyl groups excluding tert-OH is 1. The normalized spacial score (nSPS) is 15.2. The first-order valence-corrected chi connectivity index (χ1v) is 18.2. The molecule has 1 saturated heterocycles. The molecule has 1 unspecified atom stereocenters. The van der Waals surface area contributed by atoms with Gasteiger partial charge in [-0.05, 0) is 66.0 Å². The average Bonchev–Trinajstić information content (AvgIpc) is 3.72. The van der Waals surface area contributed by atoms with E-state index in [0.29, 0.717) is 19.4 Å². The van der Waals surface area contributed by atoms with Gasteiger partial charge in [-0.3, -0.25) is 24.4 Å². The number of hydrogen-bond donors (Lipinski definition) is 3. The lowest BCUT2D eigenvalue weighted by atomic mass is 9.93. The van der Waals surface area contributed by atoms with E-state index in [2.05, 4.69) is 63.3 Å². The van der Waals surface area contributed by atoms with Gasteiger partial charge in [0.05, 0.1) is 12.7 Å². The largest absolute Gasteiger partial charge is 0.493 e. The lowest BCUT2D eigenvalue weighted by Crippen LogP contribution is -2.48. The Kier molecular flexibility index (Phi) is 18.5. The van der Waals surface area contributed by atoms with Crippen LogP contribution < -0.4 is 15.8 Å². The number of aliphatic hydroxyl groups is 1. The van der Waals surface area contributed by atoms with E-state index in [1.165, 1.54) is 33.3 Å². The number of primary amides is 1. The van der Waals surface area contributed by atoms with Crippen LogP contribution in [0.1, 0.15) is 29.5 Å². The molecule has 0 bridgehead atoms. The van der Waals surface area contributed by atoms with E-state index in [1.54, 1.807) is 11.3 Å². The molecule has 2 aromatic heterocycles. The van der Waals surface area contributed by atoms with E-state index in [9.17, 15) is 27.9 Å². The van der Waals surface area contributed by atoms with E-state index >= 15 is 0 Å². The Hall–Kier alpha value is -4.74. The van der Waals surface area contributed by atoms with Gasteiger partial charge in [0.2, 0.25) is 12.3 Å². The van der Waals surface area contributed by atoms with Crippen molar-refractivity contribution in [1.29, 1.82) is 0 Å². The number of thiophene rings is 1. The van der Waals surface area contributed by atoms with Crippen molar-refractivity contribution in [2.45, 2.75) is 44.5 Å². The van der Waals surface area contributed by atoms with Gasteiger partial charge in [0.15, 0.2) is 0 Å². The van der Waals surface area contributed by atoms with Crippen LogP contribution in [0.4, 0.5) is 13.2 Å². The molecule has 2 aliphatic rings. The highest BCUT2D eigenvalue weighted by atomic mass is 32.1. The summed E-state index contributed by atoms with van der Waals surface area (Å²) in [6, 6.07) is 24.5. The first-order chi connectivity index (χ1) is 25.6. The van der Waals surface area contributed by atoms with E-state index in [1.807, 2.05) is 54.9 Å². The summed E-state index contributed by atoms with van der Waals surface area (Å²) in [5.41, 5.74) is 10.4. The predicted octanol–water partition coefficient (Wildman–Crippen LogP) is 5.58. The van der Waals surface area contributed by atoms with Gasteiger partial charge in [-0.15, -0.1) is 24.2 Å². The number of nitrogens with two attached hydrogens (primary N) is 1. The number of halogens is 3. The Morgan fingerprint density at radius 2 is 1.70 bits per heavy atom. The summed E-state index contributed by atoms with van der Waals surface area (Å²) in [6.07, 6.45) is 10.3. The van der Waals surface area contributed by atoms with Gasteiger partial charge < -0.3 is 20.9 Å². The highest BCUT2D eigenvalue weighted by Crippen LogP contribution is 2.25. The maximum absolute atomic E-state index is 11.9. The minimum Gasteiger partial charge on any atom is -0.493 e. The monoisotopic (exact) mass is 751 g/mol. The highest BCUT2D eigenvalue weighted by Gasteiger charge is 2.26. The Balaban J connectivity index is 0.000000307. The van der Waals surface area contributed by atoms with Crippen LogP contribution in [0.5, 0.6) is 5.75 Å². The van der Waals surface area contributed by atoms with Crippen LogP contribution in [-0.4, -0.2) is 90.4 Å². The fraction of sp³-hybridized carbons (Fsp3) is 0.375. The predicted molar refractivity (Wildman–Crippen MR) is 203 cm³/mol. The van der Waals surface area contributed by atoms with Crippen LogP contribution in [0.15, 0.2) is 90.6 Å². The number of aryl methyl sites for hydroxylation is 1. The molecule has 13 heteroatoms. The number of carbonyl (C=O) groups excluding carboxylic acids is 2. The maximum Gasteiger partial charge on any atom is 0.405 e. The zero-order valence-electron chi connectivity index (χ0n) is 29.7. The second-order valence-corrected chi connectivity index (χ2v) is 13.4. The van der Waals surface area contributed by atoms with Gasteiger partial charge in [0, 0.05) is 68.0 Å². The molecule has 9 nitrogen and oxygen atoms in total. The van der Waals surface area contributed by atoms with Crippen molar-refractivity contribution < 1.29 is 32.6 Å². The number of fused-ring (bicyclic) bond motifs is 1. The van der Waals surface area contributed by atoms with Crippen molar-refractivity contribution in [2.24, 2.45) is 11.7 Å². The van der Waals surface area contributed by atoms with Gasteiger partial charge in [-0.1, -0.05) is 54.6 Å². The molecule has 4 aromatic rings. The number of rotatable bonds is 12. The fourth-order valence-corrected chi connectivity index (χ4v) is 6.60. The maximum atomic E-state index is 11.9. The van der Waals surface area contributed by atoms with Crippen molar-refractivity contribution >= 4 is 23.7 Å². The number of hydrogen-bond acceptors (Lipinski definition) is 8. The van der Waals surface area contributed by atoms with E-state index in [4.69, 9.17) is 10.5 Å². The van der Waals surface area contributed by atoms with Crippen LogP contribution in [0.2, 0.25) is 0 Å². The summed E-state index contributed by atoms with van der Waals surface area (Å²) in [5.74, 6) is 0.377. The number of alkyl halides is 3. The summed E-state index contributed by atoms with van der Waals surface area (Å²) in [6.45, 7) is 4.77. The van der Waals surface area contributed by atoms with Gasteiger partial charge in [-0.2, -0.15) is 13.2 Å². The minimum atomic E-state index is -4.29. The zero-order chi connectivity index (χ0) is 38.5. The summed E-state index contributed by atoms with van der Waals surface area (Å²) < 4.78 is 38.5. The second kappa shape index (κ2) is 23.0. The van der Waals surface area contributed by atoms with Crippen LogP contribution in [-0.2, 0) is 29.0 Å². The lowest BCUT2D eigenvalue weighted by Gasteiger charge is -2.36. The van der Waals surface area contributed by atoms with Gasteiger partial charge in [0.1, 0.15) is 12.3 Å². The van der Waals surface area contributed by atoms with E-state index in [-0.39, 0.29) is 18.2 Å².